The molecule has 2 atom stereocenters. The number of nitrogens with zero attached hydrogens (tertiary/aromatic N) is 3. The van der Waals surface area contributed by atoms with Crippen molar-refractivity contribution in [2.75, 3.05) is 38.2 Å². The largest absolute Gasteiger partial charge is 0.383 e. The zero-order valence-corrected chi connectivity index (χ0v) is 21.1. The molecular weight excluding hydrogens is 446 g/mol. The summed E-state index contributed by atoms with van der Waals surface area (Å²) in [7, 11) is 4.17. The number of nitrogens with two attached hydrogens (primary N) is 1. The Morgan fingerprint density at radius 1 is 1.26 bits per heavy atom. The van der Waals surface area contributed by atoms with E-state index in [1.165, 1.54) is 21.8 Å². The van der Waals surface area contributed by atoms with Gasteiger partial charge in [0.25, 0.3) is 0 Å². The Balaban J connectivity index is 1.58. The summed E-state index contributed by atoms with van der Waals surface area (Å²) in [6, 6.07) is 8.09. The lowest BCUT2D eigenvalue weighted by Gasteiger charge is -2.38. The van der Waals surface area contributed by atoms with Crippen molar-refractivity contribution in [2.24, 2.45) is 5.92 Å². The molecular formula is C26H33N5O2S. The molecule has 0 spiro atoms. The van der Waals surface area contributed by atoms with Gasteiger partial charge in [-0.2, -0.15) is 0 Å². The van der Waals surface area contributed by atoms with E-state index in [1.54, 1.807) is 22.3 Å². The van der Waals surface area contributed by atoms with Crippen LogP contribution in [0.3, 0.4) is 0 Å². The molecule has 1 fully saturated rings. The summed E-state index contributed by atoms with van der Waals surface area (Å²) in [5.41, 5.74) is 9.42. The highest BCUT2D eigenvalue weighted by atomic mass is 32.1. The average molecular weight is 480 g/mol. The fourth-order valence-electron chi connectivity index (χ4n) is 4.54. The molecule has 4 rings (SSSR count). The van der Waals surface area contributed by atoms with Crippen molar-refractivity contribution in [1.29, 1.82) is 0 Å². The number of piperidine rings is 1. The lowest BCUT2D eigenvalue weighted by molar-refractivity contribution is -0.146. The summed E-state index contributed by atoms with van der Waals surface area (Å²) in [6.07, 6.45) is 4.32. The van der Waals surface area contributed by atoms with Crippen LogP contribution in [0.4, 0.5) is 11.5 Å². The van der Waals surface area contributed by atoms with Gasteiger partial charge in [-0.25, -0.2) is 4.98 Å². The van der Waals surface area contributed by atoms with E-state index >= 15 is 0 Å². The minimum Gasteiger partial charge on any atom is -0.383 e. The van der Waals surface area contributed by atoms with E-state index < -0.39 is 11.8 Å². The number of likely N-dealkylation sites (tertiary alicyclic amines) is 1. The smallest absolute Gasteiger partial charge is 0.313 e. The maximum atomic E-state index is 13.3. The Morgan fingerprint density at radius 2 is 2.06 bits per heavy atom. The predicted octanol–water partition coefficient (Wildman–Crippen LogP) is 4.23. The van der Waals surface area contributed by atoms with Gasteiger partial charge in [-0.3, -0.25) is 9.59 Å². The third kappa shape index (κ3) is 5.23. The number of likely N-dealkylation sites (N-methyl/N-ethyl adjacent to an activating group) is 1. The van der Waals surface area contributed by atoms with Gasteiger partial charge in [-0.1, -0.05) is 13.0 Å². The van der Waals surface area contributed by atoms with Crippen LogP contribution in [0.5, 0.6) is 0 Å². The molecule has 180 valence electrons. The number of anilines is 2. The van der Waals surface area contributed by atoms with E-state index in [0.29, 0.717) is 24.0 Å². The third-order valence-electron chi connectivity index (χ3n) is 6.54. The molecule has 1 aliphatic rings. The van der Waals surface area contributed by atoms with Crippen LogP contribution in [-0.4, -0.2) is 53.8 Å². The molecule has 1 saturated heterocycles. The van der Waals surface area contributed by atoms with Crippen molar-refractivity contribution >= 4 is 44.7 Å². The van der Waals surface area contributed by atoms with Gasteiger partial charge in [0.2, 0.25) is 0 Å². The maximum Gasteiger partial charge on any atom is 0.313 e. The van der Waals surface area contributed by atoms with Crippen molar-refractivity contribution in [3.8, 4) is 0 Å². The summed E-state index contributed by atoms with van der Waals surface area (Å²) >= 11 is 1.76. The zero-order chi connectivity index (χ0) is 24.4. The highest BCUT2D eigenvalue weighted by molar-refractivity contribution is 7.17. The Bertz CT molecular complexity index is 1210. The Morgan fingerprint density at radius 3 is 2.79 bits per heavy atom. The first-order chi connectivity index (χ1) is 16.2. The molecule has 0 saturated carbocycles. The standard InChI is InChI=1S/C26H33N5O2S/c1-16-5-7-22(18-6-8-23-21(12-18)19(15-34-23)9-10-30(3)4)31(14-16)26(33)25(32)29-20-11-17(2)24(27)28-13-20/h6,8,11-13,15-16,22H,5,7,9-10,14H2,1-4H3,(H2,27,28)(H,29,32)/t16-,22+/m1/s1. The number of aryl methyl sites for hydroxylation is 1. The van der Waals surface area contributed by atoms with Crippen LogP contribution < -0.4 is 11.1 Å². The molecule has 3 N–H and O–H groups in total. The molecule has 1 aliphatic heterocycles. The zero-order valence-electron chi connectivity index (χ0n) is 20.3. The molecule has 1 aromatic carbocycles. The number of nitrogen functional groups attached to an aromatic ring is 1. The van der Waals surface area contributed by atoms with Crippen LogP contribution in [0.15, 0.2) is 35.8 Å². The normalized spacial score (nSPS) is 18.4. The maximum absolute atomic E-state index is 13.3. The minimum atomic E-state index is -0.645. The van der Waals surface area contributed by atoms with E-state index in [4.69, 9.17) is 5.73 Å². The number of aromatic nitrogens is 1. The van der Waals surface area contributed by atoms with Crippen molar-refractivity contribution < 1.29 is 9.59 Å². The second-order valence-corrected chi connectivity index (χ2v) is 10.5. The summed E-state index contributed by atoms with van der Waals surface area (Å²) in [5, 5.41) is 6.19. The van der Waals surface area contributed by atoms with Crippen molar-refractivity contribution in [2.45, 2.75) is 39.2 Å². The number of carbonyl (C=O) groups excluding carboxylic acids is 2. The number of carbonyl (C=O) groups is 2. The number of fused-ring (bicyclic) bond motifs is 1. The fourth-order valence-corrected chi connectivity index (χ4v) is 5.51. The second kappa shape index (κ2) is 10.1. The number of thiophene rings is 1. The number of hydrogen-bond acceptors (Lipinski definition) is 6. The molecule has 3 heterocycles. The summed E-state index contributed by atoms with van der Waals surface area (Å²) in [5.74, 6) is -0.408. The molecule has 34 heavy (non-hydrogen) atoms. The molecule has 7 nitrogen and oxygen atoms in total. The number of amides is 2. The summed E-state index contributed by atoms with van der Waals surface area (Å²) in [6.45, 7) is 5.49. The van der Waals surface area contributed by atoms with Gasteiger partial charge in [0.05, 0.1) is 17.9 Å². The Hall–Kier alpha value is -2.97. The molecule has 0 bridgehead atoms. The van der Waals surface area contributed by atoms with E-state index in [-0.39, 0.29) is 6.04 Å². The monoisotopic (exact) mass is 479 g/mol. The van der Waals surface area contributed by atoms with Crippen molar-refractivity contribution in [3.05, 3.63) is 52.5 Å². The van der Waals surface area contributed by atoms with E-state index in [0.717, 1.165) is 36.9 Å². The highest BCUT2D eigenvalue weighted by Crippen LogP contribution is 2.36. The van der Waals surface area contributed by atoms with Crippen LogP contribution in [0.2, 0.25) is 0 Å². The molecule has 0 unspecified atom stereocenters. The van der Waals surface area contributed by atoms with Crippen LogP contribution in [0.1, 0.15) is 42.5 Å². The summed E-state index contributed by atoms with van der Waals surface area (Å²) in [4.78, 5) is 34.2. The molecule has 0 aliphatic carbocycles. The number of nitrogens with one attached hydrogen (secondary N) is 1. The van der Waals surface area contributed by atoms with Crippen LogP contribution in [0, 0.1) is 12.8 Å². The van der Waals surface area contributed by atoms with Crippen LogP contribution in [-0.2, 0) is 16.0 Å². The van der Waals surface area contributed by atoms with Crippen LogP contribution in [0.25, 0.3) is 10.1 Å². The van der Waals surface area contributed by atoms with Gasteiger partial charge in [-0.05, 0) is 91.9 Å². The molecule has 8 heteroatoms. The van der Waals surface area contributed by atoms with Crippen molar-refractivity contribution in [1.82, 2.24) is 14.8 Å². The second-order valence-electron chi connectivity index (χ2n) is 9.61. The first-order valence-corrected chi connectivity index (χ1v) is 12.6. The topological polar surface area (TPSA) is 91.6 Å². The van der Waals surface area contributed by atoms with Gasteiger partial charge in [0.1, 0.15) is 5.82 Å². The number of pyridine rings is 1. The summed E-state index contributed by atoms with van der Waals surface area (Å²) < 4.78 is 1.25. The first-order valence-electron chi connectivity index (χ1n) is 11.7. The van der Waals surface area contributed by atoms with E-state index in [1.807, 2.05) is 6.92 Å². The van der Waals surface area contributed by atoms with Gasteiger partial charge in [-0.15, -0.1) is 11.3 Å². The van der Waals surface area contributed by atoms with Gasteiger partial charge >= 0.3 is 11.8 Å². The van der Waals surface area contributed by atoms with E-state index in [2.05, 4.69) is 59.8 Å². The number of benzene rings is 1. The SMILES string of the molecule is Cc1cc(NC(=O)C(=O)N2C[C@H](C)CC[C@H]2c2ccc3scc(CCN(C)C)c3c2)cnc1N. The van der Waals surface area contributed by atoms with Gasteiger partial charge in [0, 0.05) is 17.8 Å². The third-order valence-corrected chi connectivity index (χ3v) is 7.55. The minimum absolute atomic E-state index is 0.119. The lowest BCUT2D eigenvalue weighted by Crippen LogP contribution is -2.46. The highest BCUT2D eigenvalue weighted by Gasteiger charge is 2.34. The number of hydrogen-bond donors (Lipinski definition) is 2. The van der Waals surface area contributed by atoms with Gasteiger partial charge in [0.15, 0.2) is 0 Å². The molecule has 3 aromatic rings. The van der Waals surface area contributed by atoms with Gasteiger partial charge < -0.3 is 20.9 Å². The quantitative estimate of drug-likeness (QED) is 0.535. The van der Waals surface area contributed by atoms with Crippen LogP contribution >= 0.6 is 11.3 Å². The lowest BCUT2D eigenvalue weighted by atomic mass is 9.89. The molecule has 0 radical (unpaired) electrons. The Labute approximate surface area is 205 Å². The van der Waals surface area contributed by atoms with Crippen molar-refractivity contribution in [3.63, 3.8) is 0 Å². The number of rotatable bonds is 5. The average Bonchev–Trinajstić information content (AvgIpc) is 3.21. The Kier molecular flexibility index (Phi) is 7.19. The molecule has 2 aromatic heterocycles. The predicted molar refractivity (Wildman–Crippen MR) is 139 cm³/mol. The fraction of sp³-hybridized carbons (Fsp3) is 0.423. The molecule has 2 amide bonds. The first kappa shape index (κ1) is 24.2. The van der Waals surface area contributed by atoms with E-state index in [9.17, 15) is 9.59 Å².